The fraction of sp³-hybridized carbons (Fsp3) is 0.538. The van der Waals surface area contributed by atoms with Crippen molar-refractivity contribution in [1.29, 1.82) is 0 Å². The Labute approximate surface area is 91.1 Å². The minimum Gasteiger partial charge on any atom is -0.317 e. The smallest absolute Gasteiger partial charge is 0.0355 e. The van der Waals surface area contributed by atoms with Crippen LogP contribution in [0.3, 0.4) is 0 Å². The lowest BCUT2D eigenvalue weighted by atomic mass is 9.86. The second kappa shape index (κ2) is 3.95. The molecule has 2 nitrogen and oxygen atoms in total. The molecule has 0 aliphatic carbocycles. The van der Waals surface area contributed by atoms with Crippen molar-refractivity contribution < 1.29 is 0 Å². The highest BCUT2D eigenvalue weighted by Gasteiger charge is 2.29. The molecule has 1 aromatic rings. The first-order valence-electron chi connectivity index (χ1n) is 5.97. The van der Waals surface area contributed by atoms with Crippen LogP contribution in [0.25, 0.3) is 0 Å². The molecular formula is C13H18N2. The molecule has 0 bridgehead atoms. The number of rotatable bonds is 1. The summed E-state index contributed by atoms with van der Waals surface area (Å²) in [7, 11) is 0. The van der Waals surface area contributed by atoms with Gasteiger partial charge < -0.3 is 10.6 Å². The van der Waals surface area contributed by atoms with Gasteiger partial charge in [0.15, 0.2) is 0 Å². The van der Waals surface area contributed by atoms with Crippen LogP contribution < -0.4 is 10.6 Å². The van der Waals surface area contributed by atoms with Crippen LogP contribution in [0.2, 0.25) is 0 Å². The monoisotopic (exact) mass is 202 g/mol. The third-order valence-corrected chi connectivity index (χ3v) is 3.76. The Kier molecular flexibility index (Phi) is 2.47. The maximum Gasteiger partial charge on any atom is 0.0355 e. The summed E-state index contributed by atoms with van der Waals surface area (Å²) >= 11 is 0. The quantitative estimate of drug-likeness (QED) is 0.726. The predicted molar refractivity (Wildman–Crippen MR) is 61.6 cm³/mol. The highest BCUT2D eigenvalue weighted by molar-refractivity contribution is 5.34. The topological polar surface area (TPSA) is 24.1 Å². The number of hydrogen-bond acceptors (Lipinski definition) is 2. The normalized spacial score (nSPS) is 26.5. The zero-order valence-corrected chi connectivity index (χ0v) is 9.00. The molecule has 0 spiro atoms. The molecule has 80 valence electrons. The van der Waals surface area contributed by atoms with Crippen LogP contribution in [0.5, 0.6) is 0 Å². The minimum atomic E-state index is 0.614. The number of piperidine rings is 1. The Hall–Kier alpha value is -0.860. The van der Waals surface area contributed by atoms with E-state index in [1.54, 1.807) is 5.56 Å². The van der Waals surface area contributed by atoms with Gasteiger partial charge in [-0.2, -0.15) is 0 Å². The van der Waals surface area contributed by atoms with Crippen LogP contribution in [0, 0.1) is 5.92 Å². The fourth-order valence-electron chi connectivity index (χ4n) is 2.93. The molecule has 2 aliphatic heterocycles. The van der Waals surface area contributed by atoms with Crippen molar-refractivity contribution >= 4 is 0 Å². The molecule has 0 radical (unpaired) electrons. The van der Waals surface area contributed by atoms with Gasteiger partial charge in [0.1, 0.15) is 0 Å². The molecular weight excluding hydrogens is 184 g/mol. The average Bonchev–Trinajstić information content (AvgIpc) is 2.74. The van der Waals surface area contributed by atoms with E-state index in [4.69, 9.17) is 0 Å². The molecule has 1 aromatic carbocycles. The summed E-state index contributed by atoms with van der Waals surface area (Å²) in [5.74, 6) is 0.829. The second-order valence-corrected chi connectivity index (χ2v) is 4.64. The summed E-state index contributed by atoms with van der Waals surface area (Å²) in [5, 5.41) is 7.10. The SMILES string of the molecule is c1ccc2c(c1)CNC2C1CCNCC1. The Morgan fingerprint density at radius 2 is 1.87 bits per heavy atom. The summed E-state index contributed by atoms with van der Waals surface area (Å²) in [6.45, 7) is 3.43. The van der Waals surface area contributed by atoms with Crippen LogP contribution in [-0.2, 0) is 6.54 Å². The first kappa shape index (κ1) is 9.37. The average molecular weight is 202 g/mol. The zero-order valence-electron chi connectivity index (χ0n) is 9.00. The number of hydrogen-bond donors (Lipinski definition) is 2. The summed E-state index contributed by atoms with van der Waals surface area (Å²) in [6.07, 6.45) is 2.62. The van der Waals surface area contributed by atoms with Gasteiger partial charge in [-0.25, -0.2) is 0 Å². The van der Waals surface area contributed by atoms with Gasteiger partial charge in [0.2, 0.25) is 0 Å². The van der Waals surface area contributed by atoms with Gasteiger partial charge in [-0.15, -0.1) is 0 Å². The van der Waals surface area contributed by atoms with Crippen LogP contribution in [0.4, 0.5) is 0 Å². The van der Waals surface area contributed by atoms with Crippen molar-refractivity contribution in [2.24, 2.45) is 5.92 Å². The Balaban J connectivity index is 1.83. The van der Waals surface area contributed by atoms with Gasteiger partial charge in [-0.05, 0) is 43.0 Å². The van der Waals surface area contributed by atoms with Crippen molar-refractivity contribution in [2.75, 3.05) is 13.1 Å². The standard InChI is InChI=1S/C13H18N2/c1-2-4-12-11(3-1)9-15-13(12)10-5-7-14-8-6-10/h1-4,10,13-15H,5-9H2. The molecule has 1 fully saturated rings. The summed E-state index contributed by atoms with van der Waals surface area (Å²) in [6, 6.07) is 9.47. The molecule has 1 atom stereocenters. The molecule has 0 amide bonds. The highest BCUT2D eigenvalue weighted by atomic mass is 15.0. The van der Waals surface area contributed by atoms with Gasteiger partial charge in [-0.1, -0.05) is 24.3 Å². The van der Waals surface area contributed by atoms with Crippen molar-refractivity contribution in [3.63, 3.8) is 0 Å². The van der Waals surface area contributed by atoms with Gasteiger partial charge in [-0.3, -0.25) is 0 Å². The molecule has 2 N–H and O–H groups in total. The first-order chi connectivity index (χ1) is 7.45. The van der Waals surface area contributed by atoms with Gasteiger partial charge >= 0.3 is 0 Å². The molecule has 2 heterocycles. The molecule has 1 unspecified atom stereocenters. The van der Waals surface area contributed by atoms with E-state index in [9.17, 15) is 0 Å². The minimum absolute atomic E-state index is 0.614. The van der Waals surface area contributed by atoms with Crippen molar-refractivity contribution in [3.8, 4) is 0 Å². The van der Waals surface area contributed by atoms with Gasteiger partial charge in [0, 0.05) is 12.6 Å². The van der Waals surface area contributed by atoms with E-state index in [1.807, 2.05) is 0 Å². The van der Waals surface area contributed by atoms with E-state index in [1.165, 1.54) is 31.5 Å². The molecule has 1 saturated heterocycles. The van der Waals surface area contributed by atoms with Gasteiger partial charge in [0.05, 0.1) is 0 Å². The number of nitrogens with one attached hydrogen (secondary N) is 2. The summed E-state index contributed by atoms with van der Waals surface area (Å²) in [4.78, 5) is 0. The van der Waals surface area contributed by atoms with Crippen molar-refractivity contribution in [3.05, 3.63) is 35.4 Å². The Morgan fingerprint density at radius 3 is 2.73 bits per heavy atom. The van der Waals surface area contributed by atoms with Crippen LogP contribution in [-0.4, -0.2) is 13.1 Å². The van der Waals surface area contributed by atoms with E-state index < -0.39 is 0 Å². The number of benzene rings is 1. The fourth-order valence-corrected chi connectivity index (χ4v) is 2.93. The molecule has 0 aromatic heterocycles. The maximum atomic E-state index is 3.66. The van der Waals surface area contributed by atoms with Crippen molar-refractivity contribution in [2.45, 2.75) is 25.4 Å². The van der Waals surface area contributed by atoms with E-state index in [-0.39, 0.29) is 0 Å². The third kappa shape index (κ3) is 1.68. The largest absolute Gasteiger partial charge is 0.317 e. The van der Waals surface area contributed by atoms with Gasteiger partial charge in [0.25, 0.3) is 0 Å². The second-order valence-electron chi connectivity index (χ2n) is 4.64. The zero-order chi connectivity index (χ0) is 10.1. The third-order valence-electron chi connectivity index (χ3n) is 3.76. The summed E-state index contributed by atoms with van der Waals surface area (Å²) in [5.41, 5.74) is 3.05. The van der Waals surface area contributed by atoms with E-state index in [0.717, 1.165) is 12.5 Å². The van der Waals surface area contributed by atoms with Crippen molar-refractivity contribution in [1.82, 2.24) is 10.6 Å². The molecule has 3 rings (SSSR count). The van der Waals surface area contributed by atoms with Crippen LogP contribution in [0.1, 0.15) is 30.0 Å². The van der Waals surface area contributed by atoms with E-state index in [0.29, 0.717) is 6.04 Å². The predicted octanol–water partition coefficient (Wildman–Crippen LogP) is 1.83. The van der Waals surface area contributed by atoms with Crippen LogP contribution >= 0.6 is 0 Å². The lowest BCUT2D eigenvalue weighted by molar-refractivity contribution is 0.295. The number of fused-ring (bicyclic) bond motifs is 1. The lowest BCUT2D eigenvalue weighted by Crippen LogP contribution is -2.33. The molecule has 0 saturated carbocycles. The molecule has 2 aliphatic rings. The van der Waals surface area contributed by atoms with Crippen LogP contribution in [0.15, 0.2) is 24.3 Å². The Bertz CT molecular complexity index is 342. The lowest BCUT2D eigenvalue weighted by Gasteiger charge is -2.28. The highest BCUT2D eigenvalue weighted by Crippen LogP contribution is 2.34. The summed E-state index contributed by atoms with van der Waals surface area (Å²) < 4.78 is 0. The molecule has 2 heteroatoms. The van der Waals surface area contributed by atoms with E-state index >= 15 is 0 Å². The molecule has 15 heavy (non-hydrogen) atoms. The maximum absolute atomic E-state index is 3.66. The first-order valence-corrected chi connectivity index (χ1v) is 5.97. The van der Waals surface area contributed by atoms with E-state index in [2.05, 4.69) is 34.9 Å². The Morgan fingerprint density at radius 1 is 1.07 bits per heavy atom.